The fourth-order valence-electron chi connectivity index (χ4n) is 4.91. The Kier molecular flexibility index (Phi) is 11.8. The first-order valence-electron chi connectivity index (χ1n) is 14.8. The maximum atomic E-state index is 13.7. The van der Waals surface area contributed by atoms with Crippen LogP contribution < -0.4 is 20.3 Å². The first-order valence-corrected chi connectivity index (χ1v) is 15.5. The highest BCUT2D eigenvalue weighted by molar-refractivity contribution is 6.33. The molecule has 9 nitrogen and oxygen atoms in total. The molecule has 45 heavy (non-hydrogen) atoms. The fourth-order valence-corrected chi connectivity index (χ4v) is 5.28. The number of aromatic nitrogens is 2. The molecule has 1 aromatic heterocycles. The Bertz CT molecular complexity index is 1620. The van der Waals surface area contributed by atoms with Crippen molar-refractivity contribution in [3.8, 4) is 5.75 Å². The summed E-state index contributed by atoms with van der Waals surface area (Å²) in [5.41, 5.74) is 4.59. The molecular weight excluding hydrogens is 611 g/mol. The normalized spacial score (nSPS) is 10.9. The Labute approximate surface area is 274 Å². The van der Waals surface area contributed by atoms with Crippen molar-refractivity contribution in [2.24, 2.45) is 0 Å². The first-order chi connectivity index (χ1) is 21.6. The van der Waals surface area contributed by atoms with Gasteiger partial charge >= 0.3 is 6.09 Å². The van der Waals surface area contributed by atoms with Gasteiger partial charge in [-0.05, 0) is 99.1 Å². The third-order valence-corrected chi connectivity index (χ3v) is 7.88. The van der Waals surface area contributed by atoms with Crippen LogP contribution in [0.25, 0.3) is 0 Å². The Hall–Kier alpha value is -4.18. The van der Waals surface area contributed by atoms with Crippen LogP contribution in [0.5, 0.6) is 5.75 Å². The van der Waals surface area contributed by atoms with E-state index in [2.05, 4.69) is 39.3 Å². The lowest BCUT2D eigenvalue weighted by molar-refractivity contribution is 0.0949. The van der Waals surface area contributed by atoms with Gasteiger partial charge in [-0.2, -0.15) is 4.98 Å². The number of hydrogen-bond acceptors (Lipinski definition) is 7. The summed E-state index contributed by atoms with van der Waals surface area (Å²) in [6.07, 6.45) is 0.909. The van der Waals surface area contributed by atoms with E-state index in [9.17, 15) is 9.59 Å². The molecule has 4 aromatic rings. The van der Waals surface area contributed by atoms with E-state index in [1.54, 1.807) is 54.7 Å². The van der Waals surface area contributed by atoms with Crippen LogP contribution in [0, 0.1) is 20.8 Å². The zero-order chi connectivity index (χ0) is 32.5. The molecule has 11 heteroatoms. The number of nitrogens with one attached hydrogen (secondary N) is 2. The topological polar surface area (TPSA) is 99.7 Å². The second-order valence-corrected chi connectivity index (χ2v) is 11.5. The van der Waals surface area contributed by atoms with Gasteiger partial charge in [0.25, 0.3) is 5.91 Å². The fraction of sp³-hybridized carbons (Fsp3) is 0.294. The molecule has 4 rings (SSSR count). The molecule has 0 saturated heterocycles. The van der Waals surface area contributed by atoms with Gasteiger partial charge in [0.2, 0.25) is 5.95 Å². The van der Waals surface area contributed by atoms with Crippen LogP contribution in [0.1, 0.15) is 46.5 Å². The summed E-state index contributed by atoms with van der Waals surface area (Å²) in [4.78, 5) is 38.9. The number of ether oxygens (including phenoxy) is 1. The maximum Gasteiger partial charge on any atom is 0.421 e. The van der Waals surface area contributed by atoms with E-state index < -0.39 is 6.09 Å². The minimum Gasteiger partial charge on any atom is -0.409 e. The predicted molar refractivity (Wildman–Crippen MR) is 181 cm³/mol. The third-order valence-electron chi connectivity index (χ3n) is 7.28. The highest BCUT2D eigenvalue weighted by atomic mass is 35.5. The van der Waals surface area contributed by atoms with Gasteiger partial charge in [-0.25, -0.2) is 9.78 Å². The minimum atomic E-state index is -0.637. The third kappa shape index (κ3) is 9.17. The molecule has 0 aliphatic carbocycles. The molecule has 2 amide bonds. The Morgan fingerprint density at radius 1 is 0.911 bits per heavy atom. The van der Waals surface area contributed by atoms with Crippen molar-refractivity contribution in [3.05, 3.63) is 105 Å². The molecule has 3 aromatic carbocycles. The number of hydrogen-bond donors (Lipinski definition) is 2. The number of carbonyl (C=O) groups excluding carboxylic acids is 2. The molecule has 0 aliphatic rings. The molecular formula is C34H38Cl2N6O3. The van der Waals surface area contributed by atoms with E-state index in [-0.39, 0.29) is 18.4 Å². The van der Waals surface area contributed by atoms with Crippen LogP contribution >= 0.6 is 23.2 Å². The maximum absolute atomic E-state index is 13.7. The summed E-state index contributed by atoms with van der Waals surface area (Å²) in [7, 11) is 0. The van der Waals surface area contributed by atoms with Crippen molar-refractivity contribution in [1.29, 1.82) is 0 Å². The van der Waals surface area contributed by atoms with Crippen molar-refractivity contribution in [2.45, 2.75) is 41.2 Å². The van der Waals surface area contributed by atoms with Crippen LogP contribution in [0.2, 0.25) is 10.0 Å². The summed E-state index contributed by atoms with van der Waals surface area (Å²) in [5, 5.41) is 7.04. The summed E-state index contributed by atoms with van der Waals surface area (Å²) >= 11 is 12.7. The van der Waals surface area contributed by atoms with Crippen LogP contribution in [-0.4, -0.2) is 53.0 Å². The lowest BCUT2D eigenvalue weighted by atomic mass is 10.1. The monoisotopic (exact) mass is 648 g/mol. The van der Waals surface area contributed by atoms with Gasteiger partial charge in [0.15, 0.2) is 0 Å². The number of halogens is 2. The minimum absolute atomic E-state index is 0.0523. The lowest BCUT2D eigenvalue weighted by Crippen LogP contribution is -2.34. The Morgan fingerprint density at radius 2 is 1.60 bits per heavy atom. The SMILES string of the molecule is CCN(CC)CCNC(=O)c1ccc(Nc2nccc(N(Cc3cc(Cl)ccc3Cl)C(=O)Oc3c(C)cc(C)cc3C)n2)cc1. The van der Waals surface area contributed by atoms with E-state index in [1.165, 1.54) is 4.90 Å². The molecule has 0 radical (unpaired) electrons. The van der Waals surface area contributed by atoms with Crippen molar-refractivity contribution in [1.82, 2.24) is 20.2 Å². The molecule has 0 unspecified atom stereocenters. The summed E-state index contributed by atoms with van der Waals surface area (Å²) in [6, 6.07) is 17.6. The summed E-state index contributed by atoms with van der Waals surface area (Å²) in [6.45, 7) is 13.3. The van der Waals surface area contributed by atoms with Crippen molar-refractivity contribution >= 4 is 52.7 Å². The molecule has 0 spiro atoms. The molecule has 0 aliphatic heterocycles. The second-order valence-electron chi connectivity index (χ2n) is 10.6. The second kappa shape index (κ2) is 15.7. The molecule has 2 N–H and O–H groups in total. The van der Waals surface area contributed by atoms with Gasteiger partial charge in [-0.15, -0.1) is 0 Å². The average Bonchev–Trinajstić information content (AvgIpc) is 3.01. The highest BCUT2D eigenvalue weighted by Crippen LogP contribution is 2.29. The van der Waals surface area contributed by atoms with Gasteiger partial charge < -0.3 is 20.3 Å². The first kappa shape index (κ1) is 33.7. The Morgan fingerprint density at radius 3 is 2.27 bits per heavy atom. The summed E-state index contributed by atoms with van der Waals surface area (Å²) in [5.74, 6) is 0.888. The standard InChI is InChI=1S/C34H38Cl2N6O3/c1-6-41(7-2)17-16-37-32(43)25-8-11-28(12-9-25)39-33-38-15-14-30(40-33)42(21-26-20-27(35)10-13-29(26)36)34(44)45-31-23(4)18-22(3)19-24(31)5/h8-15,18-20H,6-7,16-17,21H2,1-5H3,(H,37,43)(H,38,39,40). The number of aryl methyl sites for hydroxylation is 3. The van der Waals surface area contributed by atoms with Crippen LogP contribution in [-0.2, 0) is 6.54 Å². The number of likely N-dealkylation sites (N-methyl/N-ethyl adjacent to an activating group) is 1. The quantitative estimate of drug-likeness (QED) is 0.162. The zero-order valence-electron chi connectivity index (χ0n) is 26.2. The van der Waals surface area contributed by atoms with E-state index >= 15 is 0 Å². The van der Waals surface area contributed by atoms with E-state index in [4.69, 9.17) is 27.9 Å². The van der Waals surface area contributed by atoms with Gasteiger partial charge in [-0.3, -0.25) is 9.69 Å². The molecule has 0 saturated carbocycles. The average molecular weight is 650 g/mol. The Balaban J connectivity index is 1.54. The van der Waals surface area contributed by atoms with E-state index in [1.807, 2.05) is 32.9 Å². The van der Waals surface area contributed by atoms with Crippen LogP contribution in [0.4, 0.5) is 22.2 Å². The zero-order valence-corrected chi connectivity index (χ0v) is 27.7. The van der Waals surface area contributed by atoms with Gasteiger partial charge in [0, 0.05) is 40.6 Å². The van der Waals surface area contributed by atoms with Crippen LogP contribution in [0.15, 0.2) is 66.9 Å². The van der Waals surface area contributed by atoms with Crippen molar-refractivity contribution in [2.75, 3.05) is 36.4 Å². The van der Waals surface area contributed by atoms with Gasteiger partial charge in [-0.1, -0.05) is 54.7 Å². The number of amides is 2. The predicted octanol–water partition coefficient (Wildman–Crippen LogP) is 7.73. The smallest absolute Gasteiger partial charge is 0.409 e. The number of carbonyl (C=O) groups is 2. The van der Waals surface area contributed by atoms with Crippen LogP contribution in [0.3, 0.4) is 0 Å². The molecule has 0 atom stereocenters. The molecule has 1 heterocycles. The summed E-state index contributed by atoms with van der Waals surface area (Å²) < 4.78 is 5.93. The molecule has 236 valence electrons. The van der Waals surface area contributed by atoms with Crippen molar-refractivity contribution in [3.63, 3.8) is 0 Å². The highest BCUT2D eigenvalue weighted by Gasteiger charge is 2.23. The number of benzene rings is 3. The largest absolute Gasteiger partial charge is 0.421 e. The van der Waals surface area contributed by atoms with E-state index in [0.29, 0.717) is 45.0 Å². The van der Waals surface area contributed by atoms with Gasteiger partial charge in [0.1, 0.15) is 11.6 Å². The number of rotatable bonds is 12. The van der Waals surface area contributed by atoms with Gasteiger partial charge in [0.05, 0.1) is 6.54 Å². The molecule has 0 bridgehead atoms. The van der Waals surface area contributed by atoms with E-state index in [0.717, 1.165) is 36.3 Å². The number of nitrogens with zero attached hydrogens (tertiary/aromatic N) is 4. The van der Waals surface area contributed by atoms with Crippen molar-refractivity contribution < 1.29 is 14.3 Å². The lowest BCUT2D eigenvalue weighted by Gasteiger charge is -2.23. The number of anilines is 3. The molecule has 0 fully saturated rings.